The van der Waals surface area contributed by atoms with Gasteiger partial charge in [-0.05, 0) is 18.2 Å². The highest BCUT2D eigenvalue weighted by Crippen LogP contribution is 2.18. The number of carbonyl (C=O) groups excluding carboxylic acids is 1. The van der Waals surface area contributed by atoms with E-state index in [1.165, 1.54) is 11.3 Å². The number of anilines is 1. The molecule has 1 amide bonds. The summed E-state index contributed by atoms with van der Waals surface area (Å²) >= 11 is 1.28. The van der Waals surface area contributed by atoms with Crippen LogP contribution in [0.3, 0.4) is 0 Å². The Morgan fingerprint density at radius 3 is 3.00 bits per heavy atom. The van der Waals surface area contributed by atoms with Crippen molar-refractivity contribution in [3.05, 3.63) is 47.6 Å². The summed E-state index contributed by atoms with van der Waals surface area (Å²) in [5.41, 5.74) is 2.94. The lowest BCUT2D eigenvalue weighted by Crippen LogP contribution is -2.12. The SMILES string of the molecule is O=C(Nc1nncs1)c1cccc2ncccc12. The van der Waals surface area contributed by atoms with Crippen LogP contribution in [0, 0.1) is 0 Å². The average Bonchev–Trinajstić information content (AvgIpc) is 2.91. The molecule has 1 N–H and O–H groups in total. The van der Waals surface area contributed by atoms with Gasteiger partial charge in [0.15, 0.2) is 0 Å². The molecule has 0 aliphatic rings. The predicted octanol–water partition coefficient (Wildman–Crippen LogP) is 2.34. The molecule has 0 radical (unpaired) electrons. The molecule has 1 aromatic carbocycles. The van der Waals surface area contributed by atoms with Crippen molar-refractivity contribution >= 4 is 33.3 Å². The van der Waals surface area contributed by atoms with Crippen LogP contribution in [0.4, 0.5) is 5.13 Å². The summed E-state index contributed by atoms with van der Waals surface area (Å²) in [6.45, 7) is 0. The molecule has 2 heterocycles. The average molecular weight is 256 g/mol. The molecule has 3 rings (SSSR count). The van der Waals surface area contributed by atoms with E-state index in [-0.39, 0.29) is 5.91 Å². The van der Waals surface area contributed by atoms with Crippen LogP contribution < -0.4 is 5.32 Å². The molecule has 0 spiro atoms. The number of amides is 1. The lowest BCUT2D eigenvalue weighted by Gasteiger charge is -2.04. The summed E-state index contributed by atoms with van der Waals surface area (Å²) in [5, 5.41) is 11.5. The molecule has 0 atom stereocenters. The van der Waals surface area contributed by atoms with E-state index in [9.17, 15) is 4.79 Å². The van der Waals surface area contributed by atoms with Crippen molar-refractivity contribution in [3.63, 3.8) is 0 Å². The zero-order valence-corrected chi connectivity index (χ0v) is 10.0. The van der Waals surface area contributed by atoms with Crippen molar-refractivity contribution in [3.8, 4) is 0 Å². The van der Waals surface area contributed by atoms with E-state index in [4.69, 9.17) is 0 Å². The van der Waals surface area contributed by atoms with Crippen molar-refractivity contribution in [1.29, 1.82) is 0 Å². The second-order valence-electron chi connectivity index (χ2n) is 3.57. The molecule has 2 aromatic heterocycles. The quantitative estimate of drug-likeness (QED) is 0.764. The van der Waals surface area contributed by atoms with E-state index in [2.05, 4.69) is 20.5 Å². The van der Waals surface area contributed by atoms with Crippen LogP contribution in [-0.4, -0.2) is 21.1 Å². The van der Waals surface area contributed by atoms with Gasteiger partial charge in [0.1, 0.15) is 5.51 Å². The van der Waals surface area contributed by atoms with Gasteiger partial charge in [-0.15, -0.1) is 10.2 Å². The highest BCUT2D eigenvalue weighted by atomic mass is 32.1. The molecule has 6 heteroatoms. The number of aromatic nitrogens is 3. The van der Waals surface area contributed by atoms with E-state index in [0.29, 0.717) is 10.7 Å². The highest BCUT2D eigenvalue weighted by molar-refractivity contribution is 7.13. The molecule has 0 bridgehead atoms. The third-order valence-electron chi connectivity index (χ3n) is 2.47. The Balaban J connectivity index is 2.01. The molecule has 0 fully saturated rings. The predicted molar refractivity (Wildman–Crippen MR) is 69.6 cm³/mol. The maximum Gasteiger partial charge on any atom is 0.258 e. The van der Waals surface area contributed by atoms with Gasteiger partial charge in [0.05, 0.1) is 5.52 Å². The molecule has 18 heavy (non-hydrogen) atoms. The fourth-order valence-corrected chi connectivity index (χ4v) is 2.13. The van der Waals surface area contributed by atoms with Gasteiger partial charge in [-0.3, -0.25) is 15.1 Å². The van der Waals surface area contributed by atoms with Crippen molar-refractivity contribution in [2.75, 3.05) is 5.32 Å². The smallest absolute Gasteiger partial charge is 0.258 e. The lowest BCUT2D eigenvalue weighted by molar-refractivity contribution is 0.102. The first-order valence-electron chi connectivity index (χ1n) is 5.26. The molecule has 5 nitrogen and oxygen atoms in total. The van der Waals surface area contributed by atoms with Gasteiger partial charge in [-0.1, -0.05) is 23.5 Å². The van der Waals surface area contributed by atoms with Crippen LogP contribution in [0.1, 0.15) is 10.4 Å². The molecule has 0 unspecified atom stereocenters. The maximum atomic E-state index is 12.1. The van der Waals surface area contributed by atoms with Gasteiger partial charge >= 0.3 is 0 Å². The summed E-state index contributed by atoms with van der Waals surface area (Å²) < 4.78 is 0. The van der Waals surface area contributed by atoms with Crippen LogP contribution >= 0.6 is 11.3 Å². The number of rotatable bonds is 2. The Morgan fingerprint density at radius 2 is 2.17 bits per heavy atom. The van der Waals surface area contributed by atoms with Crippen LogP contribution in [0.5, 0.6) is 0 Å². The van der Waals surface area contributed by atoms with E-state index < -0.39 is 0 Å². The minimum Gasteiger partial charge on any atom is -0.296 e. The van der Waals surface area contributed by atoms with Crippen LogP contribution in [0.25, 0.3) is 10.9 Å². The molecule has 0 saturated heterocycles. The van der Waals surface area contributed by atoms with Crippen molar-refractivity contribution in [2.24, 2.45) is 0 Å². The topological polar surface area (TPSA) is 67.8 Å². The fraction of sp³-hybridized carbons (Fsp3) is 0. The Kier molecular flexibility index (Phi) is 2.70. The van der Waals surface area contributed by atoms with Crippen molar-refractivity contribution in [1.82, 2.24) is 15.2 Å². The Bertz CT molecular complexity index is 691. The number of pyridine rings is 1. The number of fused-ring (bicyclic) bond motifs is 1. The minimum absolute atomic E-state index is 0.203. The second kappa shape index (κ2) is 4.50. The van der Waals surface area contributed by atoms with Gasteiger partial charge in [-0.2, -0.15) is 0 Å². The number of nitrogens with one attached hydrogen (secondary N) is 1. The Hall–Kier alpha value is -2.34. The summed E-state index contributed by atoms with van der Waals surface area (Å²) in [4.78, 5) is 16.3. The van der Waals surface area contributed by atoms with Crippen molar-refractivity contribution in [2.45, 2.75) is 0 Å². The van der Waals surface area contributed by atoms with E-state index in [1.54, 1.807) is 17.8 Å². The standard InChI is InChI=1S/C12H8N4OS/c17-11(15-12-16-14-7-18-12)9-3-1-5-10-8(9)4-2-6-13-10/h1-7H,(H,15,16,17). The summed E-state index contributed by atoms with van der Waals surface area (Å²) in [6.07, 6.45) is 1.70. The van der Waals surface area contributed by atoms with E-state index in [0.717, 1.165) is 10.9 Å². The highest BCUT2D eigenvalue weighted by Gasteiger charge is 2.11. The third-order valence-corrected chi connectivity index (χ3v) is 3.08. The van der Waals surface area contributed by atoms with E-state index >= 15 is 0 Å². The molecule has 88 valence electrons. The normalized spacial score (nSPS) is 10.4. The van der Waals surface area contributed by atoms with Crippen molar-refractivity contribution < 1.29 is 4.79 Å². The van der Waals surface area contributed by atoms with Gasteiger partial charge in [0.25, 0.3) is 5.91 Å². The first-order chi connectivity index (χ1) is 8.84. The summed E-state index contributed by atoms with van der Waals surface area (Å²) in [6, 6.07) is 9.13. The van der Waals surface area contributed by atoms with E-state index in [1.807, 2.05) is 24.3 Å². The first kappa shape index (κ1) is 10.8. The molecular weight excluding hydrogens is 248 g/mol. The second-order valence-corrected chi connectivity index (χ2v) is 4.41. The summed E-state index contributed by atoms with van der Waals surface area (Å²) in [7, 11) is 0. The Morgan fingerprint density at radius 1 is 1.22 bits per heavy atom. The number of carbonyl (C=O) groups is 1. The first-order valence-corrected chi connectivity index (χ1v) is 6.14. The Labute approximate surface area is 107 Å². The van der Waals surface area contributed by atoms with Gasteiger partial charge in [0, 0.05) is 17.1 Å². The third kappa shape index (κ3) is 1.93. The molecule has 0 aliphatic carbocycles. The number of nitrogens with zero attached hydrogens (tertiary/aromatic N) is 3. The van der Waals surface area contributed by atoms with Gasteiger partial charge < -0.3 is 0 Å². The summed E-state index contributed by atoms with van der Waals surface area (Å²) in [5.74, 6) is -0.203. The number of benzene rings is 1. The zero-order chi connectivity index (χ0) is 12.4. The van der Waals surface area contributed by atoms with Gasteiger partial charge in [0.2, 0.25) is 5.13 Å². The molecule has 0 aliphatic heterocycles. The maximum absolute atomic E-state index is 12.1. The zero-order valence-electron chi connectivity index (χ0n) is 9.20. The van der Waals surface area contributed by atoms with Gasteiger partial charge in [-0.25, -0.2) is 0 Å². The molecule has 3 aromatic rings. The molecular formula is C12H8N4OS. The van der Waals surface area contributed by atoms with Crippen LogP contribution in [-0.2, 0) is 0 Å². The largest absolute Gasteiger partial charge is 0.296 e. The monoisotopic (exact) mass is 256 g/mol. The molecule has 0 saturated carbocycles. The fourth-order valence-electron chi connectivity index (χ4n) is 1.69. The van der Waals surface area contributed by atoms with Crippen LogP contribution in [0.15, 0.2) is 42.0 Å². The van der Waals surface area contributed by atoms with Crippen LogP contribution in [0.2, 0.25) is 0 Å². The lowest BCUT2D eigenvalue weighted by atomic mass is 10.1. The number of hydrogen-bond donors (Lipinski definition) is 1. The minimum atomic E-state index is -0.203. The number of hydrogen-bond acceptors (Lipinski definition) is 5.